The van der Waals surface area contributed by atoms with Gasteiger partial charge < -0.3 is 9.47 Å². The number of rotatable bonds is 5. The van der Waals surface area contributed by atoms with Crippen molar-refractivity contribution >= 4 is 11.6 Å². The van der Waals surface area contributed by atoms with E-state index in [0.29, 0.717) is 11.6 Å². The van der Waals surface area contributed by atoms with Gasteiger partial charge in [-0.1, -0.05) is 41.9 Å². The predicted octanol–water partition coefficient (Wildman–Crippen LogP) is 4.65. The molecule has 0 radical (unpaired) electrons. The first-order chi connectivity index (χ1) is 9.61. The van der Waals surface area contributed by atoms with Gasteiger partial charge in [0.2, 0.25) is 0 Å². The summed E-state index contributed by atoms with van der Waals surface area (Å²) in [5.41, 5.74) is 1.41. The van der Waals surface area contributed by atoms with Crippen LogP contribution in [0.5, 0.6) is 5.75 Å². The van der Waals surface area contributed by atoms with Gasteiger partial charge in [-0.2, -0.15) is 0 Å². The van der Waals surface area contributed by atoms with Crippen LogP contribution in [0.2, 0.25) is 5.02 Å². The summed E-state index contributed by atoms with van der Waals surface area (Å²) in [7, 11) is 1.69. The first-order valence-corrected chi connectivity index (χ1v) is 7.03. The van der Waals surface area contributed by atoms with Gasteiger partial charge in [-0.05, 0) is 37.6 Å². The van der Waals surface area contributed by atoms with Crippen LogP contribution in [0.15, 0.2) is 48.5 Å². The molecule has 0 aliphatic rings. The molecule has 2 aromatic rings. The Kier molecular flexibility index (Phi) is 4.69. The molecule has 0 aliphatic heterocycles. The fraction of sp³-hybridized carbons (Fsp3) is 0.294. The Balaban J connectivity index is 2.42. The predicted molar refractivity (Wildman–Crippen MR) is 82.5 cm³/mol. The number of ether oxygens (including phenoxy) is 2. The highest BCUT2D eigenvalue weighted by Gasteiger charge is 2.30. The van der Waals surface area contributed by atoms with E-state index in [-0.39, 0.29) is 0 Å². The van der Waals surface area contributed by atoms with Crippen LogP contribution in [0, 0.1) is 0 Å². The molecule has 0 saturated heterocycles. The van der Waals surface area contributed by atoms with E-state index in [1.807, 2.05) is 62.4 Å². The molecule has 0 amide bonds. The molecule has 0 fully saturated rings. The molecule has 0 heterocycles. The minimum absolute atomic E-state index is 0.580. The third-order valence-electron chi connectivity index (χ3n) is 3.51. The number of halogens is 1. The lowest BCUT2D eigenvalue weighted by atomic mass is 9.88. The summed E-state index contributed by atoms with van der Waals surface area (Å²) in [4.78, 5) is 0. The second kappa shape index (κ2) is 6.29. The maximum Gasteiger partial charge on any atom is 0.119 e. The van der Waals surface area contributed by atoms with Crippen LogP contribution in [0.1, 0.15) is 25.0 Å². The standard InChI is InChI=1S/C17H19ClO2/c1-4-20-14-11-9-13(10-12-14)17(2,19-3)15-7-5-6-8-16(15)18/h5-12H,4H2,1-3H3. The van der Waals surface area contributed by atoms with E-state index in [1.165, 1.54) is 0 Å². The highest BCUT2D eigenvalue weighted by molar-refractivity contribution is 6.31. The second-order valence-electron chi connectivity index (χ2n) is 4.67. The van der Waals surface area contributed by atoms with Crippen molar-refractivity contribution in [3.05, 3.63) is 64.7 Å². The third kappa shape index (κ3) is 2.82. The van der Waals surface area contributed by atoms with Gasteiger partial charge in [0.25, 0.3) is 0 Å². The van der Waals surface area contributed by atoms with Gasteiger partial charge in [0.15, 0.2) is 0 Å². The maximum atomic E-state index is 6.31. The highest BCUT2D eigenvalue weighted by atomic mass is 35.5. The maximum absolute atomic E-state index is 6.31. The number of methoxy groups -OCH3 is 1. The van der Waals surface area contributed by atoms with Gasteiger partial charge in [0, 0.05) is 17.7 Å². The minimum atomic E-state index is -0.580. The van der Waals surface area contributed by atoms with Crippen LogP contribution in [-0.4, -0.2) is 13.7 Å². The Morgan fingerprint density at radius 1 is 1.05 bits per heavy atom. The van der Waals surface area contributed by atoms with Crippen LogP contribution >= 0.6 is 11.6 Å². The van der Waals surface area contributed by atoms with Crippen LogP contribution < -0.4 is 4.74 Å². The molecular weight excluding hydrogens is 272 g/mol. The Morgan fingerprint density at radius 2 is 1.70 bits per heavy atom. The Morgan fingerprint density at radius 3 is 2.25 bits per heavy atom. The average molecular weight is 291 g/mol. The zero-order valence-electron chi connectivity index (χ0n) is 12.0. The lowest BCUT2D eigenvalue weighted by molar-refractivity contribution is 0.0391. The summed E-state index contributed by atoms with van der Waals surface area (Å²) >= 11 is 6.31. The lowest BCUT2D eigenvalue weighted by Gasteiger charge is -2.30. The van der Waals surface area contributed by atoms with Crippen molar-refractivity contribution in [3.63, 3.8) is 0 Å². The third-order valence-corrected chi connectivity index (χ3v) is 3.84. The molecule has 2 nitrogen and oxygen atoms in total. The Hall–Kier alpha value is -1.51. The number of benzene rings is 2. The van der Waals surface area contributed by atoms with E-state index < -0.39 is 5.60 Å². The number of hydrogen-bond acceptors (Lipinski definition) is 2. The first kappa shape index (κ1) is 14.9. The van der Waals surface area contributed by atoms with Crippen LogP contribution in [0.25, 0.3) is 0 Å². The summed E-state index contributed by atoms with van der Waals surface area (Å²) in [6.45, 7) is 4.65. The zero-order valence-corrected chi connectivity index (χ0v) is 12.8. The molecule has 0 bridgehead atoms. The summed E-state index contributed by atoms with van der Waals surface area (Å²) in [6, 6.07) is 15.7. The molecule has 2 aromatic carbocycles. The monoisotopic (exact) mass is 290 g/mol. The Labute approximate surface area is 125 Å². The molecule has 106 valence electrons. The van der Waals surface area contributed by atoms with E-state index in [4.69, 9.17) is 21.1 Å². The van der Waals surface area contributed by atoms with Gasteiger partial charge in [0.1, 0.15) is 11.4 Å². The molecule has 0 N–H and O–H groups in total. The lowest BCUT2D eigenvalue weighted by Crippen LogP contribution is -2.26. The van der Waals surface area contributed by atoms with Gasteiger partial charge in [-0.15, -0.1) is 0 Å². The van der Waals surface area contributed by atoms with E-state index in [9.17, 15) is 0 Å². The van der Waals surface area contributed by atoms with Gasteiger partial charge in [-0.3, -0.25) is 0 Å². The normalized spacial score (nSPS) is 13.8. The average Bonchev–Trinajstić information content (AvgIpc) is 2.48. The van der Waals surface area contributed by atoms with Crippen molar-refractivity contribution in [2.24, 2.45) is 0 Å². The fourth-order valence-corrected chi connectivity index (χ4v) is 2.58. The molecular formula is C17H19ClO2. The molecule has 3 heteroatoms. The summed E-state index contributed by atoms with van der Waals surface area (Å²) in [6.07, 6.45) is 0. The van der Waals surface area contributed by atoms with E-state index >= 15 is 0 Å². The summed E-state index contributed by atoms with van der Waals surface area (Å²) in [5, 5.41) is 0.700. The topological polar surface area (TPSA) is 18.5 Å². The molecule has 0 aromatic heterocycles. The summed E-state index contributed by atoms with van der Waals surface area (Å²) < 4.78 is 11.2. The largest absolute Gasteiger partial charge is 0.494 e. The van der Waals surface area contributed by atoms with Crippen molar-refractivity contribution in [1.29, 1.82) is 0 Å². The van der Waals surface area contributed by atoms with Gasteiger partial charge in [-0.25, -0.2) is 0 Å². The zero-order chi connectivity index (χ0) is 14.6. The smallest absolute Gasteiger partial charge is 0.119 e. The molecule has 20 heavy (non-hydrogen) atoms. The van der Waals surface area contributed by atoms with E-state index in [2.05, 4.69) is 0 Å². The minimum Gasteiger partial charge on any atom is -0.494 e. The van der Waals surface area contributed by atoms with Crippen LogP contribution in [0.3, 0.4) is 0 Å². The molecule has 0 saturated carbocycles. The molecule has 0 aliphatic carbocycles. The van der Waals surface area contributed by atoms with Crippen molar-refractivity contribution in [2.75, 3.05) is 13.7 Å². The van der Waals surface area contributed by atoms with Gasteiger partial charge in [0.05, 0.1) is 6.61 Å². The molecule has 1 atom stereocenters. The van der Waals surface area contributed by atoms with E-state index in [1.54, 1.807) is 7.11 Å². The first-order valence-electron chi connectivity index (χ1n) is 6.65. The quantitative estimate of drug-likeness (QED) is 0.798. The Bertz CT molecular complexity index is 565. The highest BCUT2D eigenvalue weighted by Crippen LogP contribution is 2.37. The van der Waals surface area contributed by atoms with Crippen molar-refractivity contribution in [1.82, 2.24) is 0 Å². The van der Waals surface area contributed by atoms with Crippen molar-refractivity contribution in [3.8, 4) is 5.75 Å². The second-order valence-corrected chi connectivity index (χ2v) is 5.08. The SMILES string of the molecule is CCOc1ccc(C(C)(OC)c2ccccc2Cl)cc1. The van der Waals surface area contributed by atoms with Gasteiger partial charge >= 0.3 is 0 Å². The molecule has 2 rings (SSSR count). The number of hydrogen-bond donors (Lipinski definition) is 0. The van der Waals surface area contributed by atoms with Crippen LogP contribution in [-0.2, 0) is 10.3 Å². The van der Waals surface area contributed by atoms with E-state index in [0.717, 1.165) is 16.9 Å². The van der Waals surface area contributed by atoms with Crippen LogP contribution in [0.4, 0.5) is 0 Å². The van der Waals surface area contributed by atoms with Crippen molar-refractivity contribution in [2.45, 2.75) is 19.4 Å². The molecule has 0 spiro atoms. The molecule has 1 unspecified atom stereocenters. The van der Waals surface area contributed by atoms with Crippen molar-refractivity contribution < 1.29 is 9.47 Å². The summed E-state index contributed by atoms with van der Waals surface area (Å²) in [5.74, 6) is 0.855. The fourth-order valence-electron chi connectivity index (χ4n) is 2.27.